The lowest BCUT2D eigenvalue weighted by Crippen LogP contribution is -2.14. The molecule has 0 fully saturated rings. The maximum Gasteiger partial charge on any atom is 0.334 e. The van der Waals surface area contributed by atoms with Crippen molar-refractivity contribution in [1.82, 2.24) is 0 Å². The lowest BCUT2D eigenvalue weighted by Gasteiger charge is -2.20. The molecule has 24 heavy (non-hydrogen) atoms. The van der Waals surface area contributed by atoms with Gasteiger partial charge in [-0.3, -0.25) is 4.79 Å². The Morgan fingerprint density at radius 3 is 2.04 bits per heavy atom. The highest BCUT2D eigenvalue weighted by Crippen LogP contribution is 2.35. The monoisotopic (exact) mass is 324 g/mol. The number of esters is 1. The zero-order valence-corrected chi connectivity index (χ0v) is 13.7. The Morgan fingerprint density at radius 1 is 1.00 bits per heavy atom. The number of methoxy groups -OCH3 is 1. The third kappa shape index (κ3) is 4.10. The second-order valence-electron chi connectivity index (χ2n) is 5.45. The highest BCUT2D eigenvalue weighted by atomic mass is 16.5. The van der Waals surface area contributed by atoms with Crippen molar-refractivity contribution < 1.29 is 19.4 Å². The summed E-state index contributed by atoms with van der Waals surface area (Å²) < 4.78 is 4.84. The molecule has 4 nitrogen and oxygen atoms in total. The Labute approximate surface area is 141 Å². The van der Waals surface area contributed by atoms with Gasteiger partial charge in [0.05, 0.1) is 19.1 Å². The number of carboxylic acids is 1. The molecule has 1 atom stereocenters. The molecule has 0 aliphatic carbocycles. The van der Waals surface area contributed by atoms with Crippen molar-refractivity contribution in [3.05, 3.63) is 77.4 Å². The maximum absolute atomic E-state index is 12.3. The molecule has 0 radical (unpaired) electrons. The molecule has 4 heteroatoms. The molecule has 1 unspecified atom stereocenters. The first kappa shape index (κ1) is 17.5. The maximum atomic E-state index is 12.3. The molecule has 2 aromatic rings. The fraction of sp³-hybridized carbons (Fsp3) is 0.200. The van der Waals surface area contributed by atoms with Crippen LogP contribution in [0, 0.1) is 0 Å². The van der Waals surface area contributed by atoms with E-state index in [2.05, 4.69) is 0 Å². The average Bonchev–Trinajstić information content (AvgIpc) is 2.61. The molecule has 0 heterocycles. The Bertz CT molecular complexity index is 733. The van der Waals surface area contributed by atoms with Gasteiger partial charge in [-0.25, -0.2) is 4.79 Å². The van der Waals surface area contributed by atoms with E-state index in [1.54, 1.807) is 0 Å². The Morgan fingerprint density at radius 2 is 1.54 bits per heavy atom. The highest BCUT2D eigenvalue weighted by molar-refractivity contribution is 6.02. The van der Waals surface area contributed by atoms with Crippen molar-refractivity contribution in [1.29, 1.82) is 0 Å². The first-order valence-corrected chi connectivity index (χ1v) is 7.68. The number of carbonyl (C=O) groups excluding carboxylic acids is 1. The van der Waals surface area contributed by atoms with Crippen LogP contribution in [-0.2, 0) is 14.3 Å². The highest BCUT2D eigenvalue weighted by Gasteiger charge is 2.24. The van der Waals surface area contributed by atoms with Gasteiger partial charge >= 0.3 is 11.9 Å². The Hall–Kier alpha value is -2.88. The molecule has 0 saturated heterocycles. The van der Waals surface area contributed by atoms with Crippen molar-refractivity contribution in [2.75, 3.05) is 7.11 Å². The van der Waals surface area contributed by atoms with Gasteiger partial charge in [0, 0.05) is 5.92 Å². The van der Waals surface area contributed by atoms with Crippen molar-refractivity contribution in [2.24, 2.45) is 0 Å². The van der Waals surface area contributed by atoms with Gasteiger partial charge < -0.3 is 9.84 Å². The van der Waals surface area contributed by atoms with E-state index in [1.165, 1.54) is 7.11 Å². The summed E-state index contributed by atoms with van der Waals surface area (Å²) in [6.07, 6.45) is -0.381. The fourth-order valence-corrected chi connectivity index (χ4v) is 2.76. The van der Waals surface area contributed by atoms with E-state index in [0.717, 1.165) is 11.1 Å². The topological polar surface area (TPSA) is 63.6 Å². The number of hydrogen-bond acceptors (Lipinski definition) is 3. The average molecular weight is 324 g/mol. The standard InChI is InChI=1S/C20H20O4/c1-14(15-9-5-3-6-10-15)19(16-11-7-4-8-12-16)17(13-18(21)22)20(23)24-2/h3-12,14H,13H2,1-2H3,(H,21,22). The Balaban J connectivity index is 2.66. The van der Waals surface area contributed by atoms with Gasteiger partial charge in [0.1, 0.15) is 0 Å². The first-order chi connectivity index (χ1) is 11.5. The number of aliphatic carboxylic acids is 1. The SMILES string of the molecule is COC(=O)C(CC(=O)O)=C(c1ccccc1)C(C)c1ccccc1. The predicted molar refractivity (Wildman–Crippen MR) is 92.5 cm³/mol. The second kappa shape index (κ2) is 8.11. The van der Waals surface area contributed by atoms with Crippen molar-refractivity contribution in [3.63, 3.8) is 0 Å². The van der Waals surface area contributed by atoms with Crippen molar-refractivity contribution in [3.8, 4) is 0 Å². The number of carboxylic acid groups (broad SMARTS) is 1. The molecule has 0 saturated carbocycles. The van der Waals surface area contributed by atoms with Crippen LogP contribution in [0.3, 0.4) is 0 Å². The molecular weight excluding hydrogens is 304 g/mol. The molecule has 0 spiro atoms. The van der Waals surface area contributed by atoms with Gasteiger partial charge in [-0.2, -0.15) is 0 Å². The number of hydrogen-bond donors (Lipinski definition) is 1. The molecule has 0 amide bonds. The smallest absolute Gasteiger partial charge is 0.334 e. The Kier molecular flexibility index (Phi) is 5.90. The summed E-state index contributed by atoms with van der Waals surface area (Å²) in [6, 6.07) is 19.0. The molecule has 124 valence electrons. The van der Waals surface area contributed by atoms with E-state index in [4.69, 9.17) is 4.74 Å². The van der Waals surface area contributed by atoms with Crippen LogP contribution in [0.25, 0.3) is 5.57 Å². The summed E-state index contributed by atoms with van der Waals surface area (Å²) in [5, 5.41) is 9.23. The normalized spacial score (nSPS) is 12.9. The van der Waals surface area contributed by atoms with E-state index >= 15 is 0 Å². The van der Waals surface area contributed by atoms with Crippen LogP contribution in [0.5, 0.6) is 0 Å². The summed E-state index contributed by atoms with van der Waals surface area (Å²) in [4.78, 5) is 23.5. The van der Waals surface area contributed by atoms with Crippen LogP contribution >= 0.6 is 0 Å². The predicted octanol–water partition coefficient (Wildman–Crippen LogP) is 3.89. The molecular formula is C20H20O4. The molecule has 0 aromatic heterocycles. The van der Waals surface area contributed by atoms with Crippen LogP contribution in [0.4, 0.5) is 0 Å². The summed E-state index contributed by atoms with van der Waals surface area (Å²) in [6.45, 7) is 1.96. The van der Waals surface area contributed by atoms with E-state index in [1.807, 2.05) is 67.6 Å². The van der Waals surface area contributed by atoms with Gasteiger partial charge in [-0.1, -0.05) is 67.6 Å². The molecule has 2 rings (SSSR count). The summed E-state index contributed by atoms with van der Waals surface area (Å²) in [5.41, 5.74) is 2.67. The minimum atomic E-state index is -1.07. The molecule has 0 aliphatic heterocycles. The van der Waals surface area contributed by atoms with Crippen LogP contribution in [0.15, 0.2) is 66.2 Å². The summed E-state index contributed by atoms with van der Waals surface area (Å²) in [7, 11) is 1.26. The van der Waals surface area contributed by atoms with Crippen LogP contribution < -0.4 is 0 Å². The lowest BCUT2D eigenvalue weighted by atomic mass is 9.84. The largest absolute Gasteiger partial charge is 0.481 e. The second-order valence-corrected chi connectivity index (χ2v) is 5.45. The third-order valence-corrected chi connectivity index (χ3v) is 3.90. The van der Waals surface area contributed by atoms with Crippen molar-refractivity contribution >= 4 is 17.5 Å². The zero-order chi connectivity index (χ0) is 17.5. The fourth-order valence-electron chi connectivity index (χ4n) is 2.76. The van der Waals surface area contributed by atoms with Gasteiger partial charge in [-0.15, -0.1) is 0 Å². The minimum absolute atomic E-state index is 0.151. The van der Waals surface area contributed by atoms with Crippen LogP contribution in [0.2, 0.25) is 0 Å². The first-order valence-electron chi connectivity index (χ1n) is 7.68. The van der Waals surface area contributed by atoms with E-state index in [9.17, 15) is 14.7 Å². The minimum Gasteiger partial charge on any atom is -0.481 e. The molecule has 0 bridgehead atoms. The van der Waals surface area contributed by atoms with Gasteiger partial charge in [0.15, 0.2) is 0 Å². The molecule has 2 aromatic carbocycles. The van der Waals surface area contributed by atoms with E-state index < -0.39 is 11.9 Å². The van der Waals surface area contributed by atoms with E-state index in [-0.39, 0.29) is 17.9 Å². The number of allylic oxidation sites excluding steroid dienone is 1. The number of carbonyl (C=O) groups is 2. The summed E-state index contributed by atoms with van der Waals surface area (Å²) >= 11 is 0. The number of rotatable bonds is 6. The quantitative estimate of drug-likeness (QED) is 0.647. The summed E-state index contributed by atoms with van der Waals surface area (Å²) in [5.74, 6) is -1.83. The van der Waals surface area contributed by atoms with Gasteiger partial charge in [-0.05, 0) is 16.7 Å². The number of benzene rings is 2. The zero-order valence-electron chi connectivity index (χ0n) is 13.7. The lowest BCUT2D eigenvalue weighted by molar-refractivity contribution is -0.141. The van der Waals surface area contributed by atoms with Gasteiger partial charge in [0.25, 0.3) is 0 Å². The van der Waals surface area contributed by atoms with Gasteiger partial charge in [0.2, 0.25) is 0 Å². The molecule has 1 N–H and O–H groups in total. The van der Waals surface area contributed by atoms with E-state index in [0.29, 0.717) is 5.57 Å². The van der Waals surface area contributed by atoms with Crippen LogP contribution in [0.1, 0.15) is 30.4 Å². The van der Waals surface area contributed by atoms with Crippen molar-refractivity contribution in [2.45, 2.75) is 19.3 Å². The molecule has 0 aliphatic rings. The third-order valence-electron chi connectivity index (χ3n) is 3.90. The number of ether oxygens (including phenoxy) is 1. The van der Waals surface area contributed by atoms with Crippen LogP contribution in [-0.4, -0.2) is 24.2 Å².